The Bertz CT molecular complexity index is 1390. The maximum absolute atomic E-state index is 13.7. The van der Waals surface area contributed by atoms with Crippen LogP contribution in [0.3, 0.4) is 0 Å². The number of aryl methyl sites for hydroxylation is 2. The van der Waals surface area contributed by atoms with Gasteiger partial charge in [0, 0.05) is 49.9 Å². The number of rotatable bonds is 3. The van der Waals surface area contributed by atoms with Crippen LogP contribution in [0.5, 0.6) is 0 Å². The van der Waals surface area contributed by atoms with Crippen LogP contribution in [0.1, 0.15) is 60.4 Å². The van der Waals surface area contributed by atoms with Crippen LogP contribution in [-0.2, 0) is 7.05 Å². The van der Waals surface area contributed by atoms with Gasteiger partial charge in [0.1, 0.15) is 5.82 Å². The maximum atomic E-state index is 13.7. The summed E-state index contributed by atoms with van der Waals surface area (Å²) >= 11 is 0. The summed E-state index contributed by atoms with van der Waals surface area (Å²) in [6, 6.07) is 9.91. The van der Waals surface area contributed by atoms with Crippen molar-refractivity contribution in [1.82, 2.24) is 29.3 Å². The maximum Gasteiger partial charge on any atom is 0.275 e. The highest BCUT2D eigenvalue weighted by molar-refractivity contribution is 6.05. The van der Waals surface area contributed by atoms with E-state index in [1.54, 1.807) is 4.68 Å². The number of fused-ring (bicyclic) bond motifs is 2. The molecule has 2 aliphatic rings. The third-order valence-electron chi connectivity index (χ3n) is 7.41. The molecule has 5 heterocycles. The lowest BCUT2D eigenvalue weighted by atomic mass is 9.98. The fraction of sp³-hybridized carbons (Fsp3) is 0.462. The summed E-state index contributed by atoms with van der Waals surface area (Å²) in [4.78, 5) is 23.1. The molecule has 8 heteroatoms. The van der Waals surface area contributed by atoms with Crippen LogP contribution < -0.4 is 4.90 Å². The van der Waals surface area contributed by atoms with Crippen molar-refractivity contribution in [2.45, 2.75) is 45.6 Å². The quantitative estimate of drug-likeness (QED) is 0.462. The monoisotopic (exact) mass is 457 g/mol. The van der Waals surface area contributed by atoms with E-state index in [0.717, 1.165) is 66.0 Å². The van der Waals surface area contributed by atoms with Crippen LogP contribution in [-0.4, -0.2) is 54.8 Å². The number of benzene rings is 1. The molecule has 3 aromatic heterocycles. The molecule has 2 aliphatic heterocycles. The minimum absolute atomic E-state index is 0.0190. The van der Waals surface area contributed by atoms with Gasteiger partial charge in [-0.15, -0.1) is 0 Å². The molecule has 176 valence electrons. The van der Waals surface area contributed by atoms with Gasteiger partial charge in [-0.3, -0.25) is 9.48 Å². The number of para-hydroxylation sites is 1. The smallest absolute Gasteiger partial charge is 0.275 e. The Morgan fingerprint density at radius 3 is 2.76 bits per heavy atom. The molecule has 2 atom stereocenters. The van der Waals surface area contributed by atoms with Crippen LogP contribution in [0.25, 0.3) is 16.6 Å². The predicted molar refractivity (Wildman–Crippen MR) is 132 cm³/mol. The second-order valence-corrected chi connectivity index (χ2v) is 9.96. The molecule has 0 aliphatic carbocycles. The Kier molecular flexibility index (Phi) is 5.04. The number of amides is 1. The zero-order valence-corrected chi connectivity index (χ0v) is 20.1. The van der Waals surface area contributed by atoms with Crippen LogP contribution in [0.15, 0.2) is 36.5 Å². The standard InChI is InChI=1S/C26H31N7O/c1-17-11-13-31(15-17)25-18(2)16-33-23(27-25)14-20(28-33)22-10-6-7-12-32(22)26(34)24-19-8-4-5-9-21(19)30(3)29-24/h4-5,8-9,14,16-17,22H,6-7,10-13,15H2,1-3H3/t17-,22-/m0/s1. The molecule has 0 N–H and O–H groups in total. The molecular formula is C26H31N7O. The van der Waals surface area contributed by atoms with Crippen molar-refractivity contribution < 1.29 is 4.79 Å². The van der Waals surface area contributed by atoms with Crippen molar-refractivity contribution in [3.8, 4) is 0 Å². The molecule has 1 aromatic carbocycles. The van der Waals surface area contributed by atoms with Crippen LogP contribution >= 0.6 is 0 Å². The molecule has 1 amide bonds. The minimum atomic E-state index is -0.0701. The first-order valence-corrected chi connectivity index (χ1v) is 12.3. The van der Waals surface area contributed by atoms with Gasteiger partial charge in [-0.05, 0) is 44.6 Å². The van der Waals surface area contributed by atoms with Gasteiger partial charge in [-0.2, -0.15) is 10.2 Å². The molecule has 0 unspecified atom stereocenters. The number of carbonyl (C=O) groups excluding carboxylic acids is 1. The summed E-state index contributed by atoms with van der Waals surface area (Å²) in [5.41, 5.74) is 4.38. The Morgan fingerprint density at radius 1 is 1.09 bits per heavy atom. The SMILES string of the molecule is Cc1cn2nc([C@@H]3CCCCN3C(=O)c3nn(C)c4ccccc34)cc2nc1N1CC[C@H](C)C1. The van der Waals surface area contributed by atoms with Gasteiger partial charge in [0.2, 0.25) is 0 Å². The molecule has 0 radical (unpaired) electrons. The molecule has 4 aromatic rings. The fourth-order valence-corrected chi connectivity index (χ4v) is 5.62. The van der Waals surface area contributed by atoms with Crippen molar-refractivity contribution >= 4 is 28.3 Å². The van der Waals surface area contributed by atoms with Crippen molar-refractivity contribution in [1.29, 1.82) is 0 Å². The van der Waals surface area contributed by atoms with E-state index in [9.17, 15) is 4.79 Å². The van der Waals surface area contributed by atoms with E-state index in [2.05, 4.69) is 36.1 Å². The summed E-state index contributed by atoms with van der Waals surface area (Å²) in [5.74, 6) is 1.73. The van der Waals surface area contributed by atoms with Gasteiger partial charge < -0.3 is 9.80 Å². The summed E-state index contributed by atoms with van der Waals surface area (Å²) in [5, 5.41) is 10.4. The van der Waals surface area contributed by atoms with E-state index in [4.69, 9.17) is 10.1 Å². The highest BCUT2D eigenvalue weighted by atomic mass is 16.2. The molecule has 2 fully saturated rings. The number of nitrogens with zero attached hydrogens (tertiary/aromatic N) is 7. The van der Waals surface area contributed by atoms with E-state index in [-0.39, 0.29) is 11.9 Å². The lowest BCUT2D eigenvalue weighted by molar-refractivity contribution is 0.0600. The average molecular weight is 458 g/mol. The van der Waals surface area contributed by atoms with Gasteiger partial charge in [-0.25, -0.2) is 9.50 Å². The number of likely N-dealkylation sites (tertiary alicyclic amines) is 1. The van der Waals surface area contributed by atoms with Crippen molar-refractivity contribution in [3.63, 3.8) is 0 Å². The fourth-order valence-electron chi connectivity index (χ4n) is 5.62. The predicted octanol–water partition coefficient (Wildman–Crippen LogP) is 4.14. The normalized spacial score (nSPS) is 21.1. The number of hydrogen-bond acceptors (Lipinski definition) is 5. The molecule has 0 bridgehead atoms. The Morgan fingerprint density at radius 2 is 1.94 bits per heavy atom. The zero-order valence-electron chi connectivity index (χ0n) is 20.1. The van der Waals surface area contributed by atoms with E-state index >= 15 is 0 Å². The van der Waals surface area contributed by atoms with Crippen molar-refractivity contribution in [3.05, 3.63) is 53.5 Å². The molecule has 2 saturated heterocycles. The van der Waals surface area contributed by atoms with E-state index < -0.39 is 0 Å². The van der Waals surface area contributed by atoms with Gasteiger partial charge in [0.15, 0.2) is 11.3 Å². The third kappa shape index (κ3) is 3.43. The lowest BCUT2D eigenvalue weighted by Crippen LogP contribution is -2.39. The summed E-state index contributed by atoms with van der Waals surface area (Å²) < 4.78 is 3.67. The van der Waals surface area contributed by atoms with Gasteiger partial charge in [-0.1, -0.05) is 25.1 Å². The van der Waals surface area contributed by atoms with E-state index in [1.807, 2.05) is 40.7 Å². The number of aromatic nitrogens is 5. The van der Waals surface area contributed by atoms with Crippen LogP contribution in [0.4, 0.5) is 5.82 Å². The van der Waals surface area contributed by atoms with Crippen molar-refractivity contribution in [2.75, 3.05) is 24.5 Å². The minimum Gasteiger partial charge on any atom is -0.356 e. The summed E-state index contributed by atoms with van der Waals surface area (Å²) in [7, 11) is 1.89. The number of anilines is 1. The molecule has 0 spiro atoms. The Balaban J connectivity index is 1.35. The van der Waals surface area contributed by atoms with Gasteiger partial charge in [0.25, 0.3) is 5.91 Å². The number of piperidine rings is 1. The Hall–Kier alpha value is -3.42. The molecule has 6 rings (SSSR count). The molecular weight excluding hydrogens is 426 g/mol. The first kappa shape index (κ1) is 21.1. The Labute approximate surface area is 199 Å². The summed E-state index contributed by atoms with van der Waals surface area (Å²) in [6.45, 7) is 7.22. The topological polar surface area (TPSA) is 71.6 Å². The number of carbonyl (C=O) groups is 1. The second kappa shape index (κ2) is 8.11. The van der Waals surface area contributed by atoms with E-state index in [1.165, 1.54) is 6.42 Å². The summed E-state index contributed by atoms with van der Waals surface area (Å²) in [6.07, 6.45) is 6.25. The van der Waals surface area contributed by atoms with Gasteiger partial charge in [0.05, 0.1) is 17.3 Å². The van der Waals surface area contributed by atoms with Gasteiger partial charge >= 0.3 is 0 Å². The largest absolute Gasteiger partial charge is 0.356 e. The van der Waals surface area contributed by atoms with Crippen LogP contribution in [0, 0.1) is 12.8 Å². The average Bonchev–Trinajstić information content (AvgIpc) is 3.55. The highest BCUT2D eigenvalue weighted by Gasteiger charge is 2.33. The molecule has 34 heavy (non-hydrogen) atoms. The number of hydrogen-bond donors (Lipinski definition) is 0. The first-order chi connectivity index (χ1) is 16.5. The van der Waals surface area contributed by atoms with Crippen LogP contribution in [0.2, 0.25) is 0 Å². The highest BCUT2D eigenvalue weighted by Crippen LogP contribution is 2.33. The zero-order chi connectivity index (χ0) is 23.4. The third-order valence-corrected chi connectivity index (χ3v) is 7.41. The molecule has 8 nitrogen and oxygen atoms in total. The lowest BCUT2D eigenvalue weighted by Gasteiger charge is -2.34. The first-order valence-electron chi connectivity index (χ1n) is 12.3. The molecule has 0 saturated carbocycles. The second-order valence-electron chi connectivity index (χ2n) is 9.96. The van der Waals surface area contributed by atoms with E-state index in [0.29, 0.717) is 18.2 Å². The van der Waals surface area contributed by atoms with Crippen molar-refractivity contribution in [2.24, 2.45) is 13.0 Å².